The van der Waals surface area contributed by atoms with Crippen LogP contribution in [0.1, 0.15) is 50.1 Å². The molecule has 1 aliphatic carbocycles. The Morgan fingerprint density at radius 1 is 1.06 bits per heavy atom. The van der Waals surface area contributed by atoms with E-state index in [1.807, 2.05) is 51.1 Å². The number of nitrogen functional groups attached to an aromatic ring is 1. The number of rotatable bonds is 9. The molecule has 0 unspecified atom stereocenters. The first-order valence-corrected chi connectivity index (χ1v) is 11.7. The Bertz CT molecular complexity index is 977. The molecule has 2 amide bonds. The average Bonchev–Trinajstić information content (AvgIpc) is 3.11. The fourth-order valence-electron chi connectivity index (χ4n) is 4.37. The number of carbonyl (C=O) groups is 2. The summed E-state index contributed by atoms with van der Waals surface area (Å²) in [6.07, 6.45) is 0.934. The topological polar surface area (TPSA) is 109 Å². The Balaban J connectivity index is 1.81. The third-order valence-corrected chi connectivity index (χ3v) is 6.25. The number of amides is 2. The van der Waals surface area contributed by atoms with Crippen molar-refractivity contribution in [2.24, 2.45) is 11.8 Å². The number of nitrogens with zero attached hydrogens (tertiary/aromatic N) is 1. The van der Waals surface area contributed by atoms with Crippen LogP contribution in [0, 0.1) is 18.8 Å². The molecule has 0 saturated carbocycles. The number of anilines is 1. The summed E-state index contributed by atoms with van der Waals surface area (Å²) in [5.41, 5.74) is 8.59. The van der Waals surface area contributed by atoms with Crippen molar-refractivity contribution in [1.82, 2.24) is 20.9 Å². The molecule has 0 saturated heterocycles. The number of carbonyl (C=O) groups excluding carboxylic acids is 2. The van der Waals surface area contributed by atoms with Crippen LogP contribution in [-0.4, -0.2) is 34.9 Å². The second-order valence-corrected chi connectivity index (χ2v) is 9.88. The van der Waals surface area contributed by atoms with Gasteiger partial charge < -0.3 is 21.7 Å². The van der Waals surface area contributed by atoms with E-state index in [0.717, 1.165) is 28.9 Å². The Morgan fingerprint density at radius 2 is 1.70 bits per heavy atom. The van der Waals surface area contributed by atoms with Crippen LogP contribution >= 0.6 is 0 Å². The van der Waals surface area contributed by atoms with Gasteiger partial charge in [0.2, 0.25) is 11.8 Å². The minimum absolute atomic E-state index is 0.0936. The number of benzene rings is 1. The lowest BCUT2D eigenvalue weighted by atomic mass is 9.92. The molecule has 1 aromatic heterocycles. The van der Waals surface area contributed by atoms with E-state index in [0.29, 0.717) is 31.1 Å². The normalized spacial score (nSPS) is 15.4. The minimum atomic E-state index is -1.03. The molecule has 0 spiro atoms. The van der Waals surface area contributed by atoms with Gasteiger partial charge in [-0.3, -0.25) is 9.59 Å². The number of nitrogens with one attached hydrogen (secondary N) is 3. The summed E-state index contributed by atoms with van der Waals surface area (Å²) >= 11 is 0. The Kier molecular flexibility index (Phi) is 7.74. The third-order valence-electron chi connectivity index (χ3n) is 6.25. The van der Waals surface area contributed by atoms with E-state index < -0.39 is 5.54 Å². The Labute approximate surface area is 196 Å². The highest BCUT2D eigenvalue weighted by Gasteiger charge is 2.46. The first kappa shape index (κ1) is 24.7. The molecule has 2 aromatic rings. The molecule has 0 aliphatic heterocycles. The zero-order valence-electron chi connectivity index (χ0n) is 20.4. The van der Waals surface area contributed by atoms with Gasteiger partial charge in [0.1, 0.15) is 11.4 Å². The SMILES string of the molecule is Cc1nc(N)ccc1CNC(=O)C1(NC(=O)[C@H](NCC(C)C)C(C)C)Cc2ccccc2C1. The van der Waals surface area contributed by atoms with E-state index in [4.69, 9.17) is 5.73 Å². The number of aromatic nitrogens is 1. The first-order valence-electron chi connectivity index (χ1n) is 11.7. The number of nitrogens with two attached hydrogens (primary N) is 1. The van der Waals surface area contributed by atoms with Crippen molar-refractivity contribution in [2.45, 2.75) is 65.6 Å². The van der Waals surface area contributed by atoms with Crippen LogP contribution in [0.3, 0.4) is 0 Å². The number of fused-ring (bicyclic) bond motifs is 1. The van der Waals surface area contributed by atoms with Gasteiger partial charge in [-0.2, -0.15) is 0 Å². The summed E-state index contributed by atoms with van der Waals surface area (Å²) in [4.78, 5) is 31.3. The summed E-state index contributed by atoms with van der Waals surface area (Å²) in [6.45, 7) is 11.2. The van der Waals surface area contributed by atoms with Crippen molar-refractivity contribution in [2.75, 3.05) is 12.3 Å². The zero-order valence-corrected chi connectivity index (χ0v) is 20.4. The van der Waals surface area contributed by atoms with Gasteiger partial charge in [0.15, 0.2) is 0 Å². The van der Waals surface area contributed by atoms with Crippen LogP contribution in [-0.2, 0) is 29.0 Å². The van der Waals surface area contributed by atoms with Crippen molar-refractivity contribution in [1.29, 1.82) is 0 Å². The van der Waals surface area contributed by atoms with E-state index >= 15 is 0 Å². The van der Waals surface area contributed by atoms with Crippen molar-refractivity contribution in [3.63, 3.8) is 0 Å². The molecule has 1 aromatic carbocycles. The molecule has 0 fully saturated rings. The largest absolute Gasteiger partial charge is 0.384 e. The summed E-state index contributed by atoms with van der Waals surface area (Å²) in [5, 5.41) is 9.58. The lowest BCUT2D eigenvalue weighted by Crippen LogP contribution is -2.63. The average molecular weight is 452 g/mol. The van der Waals surface area contributed by atoms with Crippen molar-refractivity contribution < 1.29 is 9.59 Å². The zero-order chi connectivity index (χ0) is 24.2. The first-order chi connectivity index (χ1) is 15.6. The molecule has 7 nitrogen and oxygen atoms in total. The molecule has 1 atom stereocenters. The Hall–Kier alpha value is -2.93. The van der Waals surface area contributed by atoms with Crippen LogP contribution in [0.2, 0.25) is 0 Å². The summed E-state index contributed by atoms with van der Waals surface area (Å²) in [5.74, 6) is 0.639. The van der Waals surface area contributed by atoms with Crippen LogP contribution in [0.25, 0.3) is 0 Å². The molecule has 1 heterocycles. The predicted octanol–water partition coefficient (Wildman–Crippen LogP) is 2.51. The number of aryl methyl sites for hydroxylation is 1. The summed E-state index contributed by atoms with van der Waals surface area (Å²) in [7, 11) is 0. The van der Waals surface area contributed by atoms with Gasteiger partial charge in [-0.15, -0.1) is 0 Å². The molecule has 3 rings (SSSR count). The lowest BCUT2D eigenvalue weighted by Gasteiger charge is -2.32. The summed E-state index contributed by atoms with van der Waals surface area (Å²) < 4.78 is 0. The second-order valence-electron chi connectivity index (χ2n) is 9.88. The van der Waals surface area contributed by atoms with E-state index in [1.165, 1.54) is 0 Å². The standard InChI is InChI=1S/C26H37N5O2/c1-16(2)14-28-23(17(3)4)24(32)31-26(12-19-8-6-7-9-20(19)13-26)25(33)29-15-21-10-11-22(27)30-18(21)5/h6-11,16-17,23,28H,12-15H2,1-5H3,(H2,27,30)(H,29,33)(H,31,32)/t23-/m1/s1. The van der Waals surface area contributed by atoms with Crippen LogP contribution in [0.15, 0.2) is 36.4 Å². The van der Waals surface area contributed by atoms with Gasteiger partial charge in [-0.1, -0.05) is 58.0 Å². The maximum Gasteiger partial charge on any atom is 0.246 e. The minimum Gasteiger partial charge on any atom is -0.384 e. The highest BCUT2D eigenvalue weighted by molar-refractivity contribution is 5.94. The highest BCUT2D eigenvalue weighted by atomic mass is 16.2. The third kappa shape index (κ3) is 5.90. The highest BCUT2D eigenvalue weighted by Crippen LogP contribution is 2.31. The van der Waals surface area contributed by atoms with Gasteiger partial charge in [-0.05, 0) is 48.1 Å². The molecule has 0 radical (unpaired) electrons. The number of hydrogen-bond donors (Lipinski definition) is 4. The van der Waals surface area contributed by atoms with Crippen LogP contribution < -0.4 is 21.7 Å². The van der Waals surface area contributed by atoms with Crippen molar-refractivity contribution >= 4 is 17.6 Å². The van der Waals surface area contributed by atoms with E-state index in [-0.39, 0.29) is 23.8 Å². The van der Waals surface area contributed by atoms with Crippen LogP contribution in [0.4, 0.5) is 5.82 Å². The predicted molar refractivity (Wildman–Crippen MR) is 131 cm³/mol. The smallest absolute Gasteiger partial charge is 0.246 e. The molecule has 0 bridgehead atoms. The molecule has 178 valence electrons. The molecular formula is C26H37N5O2. The monoisotopic (exact) mass is 451 g/mol. The number of pyridine rings is 1. The van der Waals surface area contributed by atoms with Crippen molar-refractivity contribution in [3.05, 3.63) is 58.8 Å². The van der Waals surface area contributed by atoms with E-state index in [2.05, 4.69) is 34.8 Å². The van der Waals surface area contributed by atoms with Gasteiger partial charge in [-0.25, -0.2) is 4.98 Å². The van der Waals surface area contributed by atoms with Gasteiger partial charge >= 0.3 is 0 Å². The van der Waals surface area contributed by atoms with Crippen molar-refractivity contribution in [3.8, 4) is 0 Å². The van der Waals surface area contributed by atoms with Gasteiger partial charge in [0, 0.05) is 25.1 Å². The molecule has 33 heavy (non-hydrogen) atoms. The molecule has 1 aliphatic rings. The molecular weight excluding hydrogens is 414 g/mol. The Morgan fingerprint density at radius 3 is 2.24 bits per heavy atom. The number of hydrogen-bond acceptors (Lipinski definition) is 5. The maximum atomic E-state index is 13.6. The fraction of sp³-hybridized carbons (Fsp3) is 0.500. The molecule has 7 heteroatoms. The van der Waals surface area contributed by atoms with Gasteiger partial charge in [0.25, 0.3) is 0 Å². The second kappa shape index (κ2) is 10.3. The van der Waals surface area contributed by atoms with E-state index in [9.17, 15) is 9.59 Å². The fourth-order valence-corrected chi connectivity index (χ4v) is 4.37. The molecule has 5 N–H and O–H groups in total. The summed E-state index contributed by atoms with van der Waals surface area (Å²) in [6, 6.07) is 11.2. The lowest BCUT2D eigenvalue weighted by molar-refractivity contribution is -0.135. The maximum absolute atomic E-state index is 13.6. The van der Waals surface area contributed by atoms with Crippen LogP contribution in [0.5, 0.6) is 0 Å². The van der Waals surface area contributed by atoms with Gasteiger partial charge in [0.05, 0.1) is 6.04 Å². The quantitative estimate of drug-likeness (QED) is 0.468. The van der Waals surface area contributed by atoms with E-state index in [1.54, 1.807) is 6.07 Å².